The molecular formula is C17H22N4O3. The van der Waals surface area contributed by atoms with Crippen LogP contribution in [0.5, 0.6) is 5.75 Å². The number of benzene rings is 1. The van der Waals surface area contributed by atoms with Gasteiger partial charge in [-0.05, 0) is 26.0 Å². The Bertz CT molecular complexity index is 683. The van der Waals surface area contributed by atoms with Gasteiger partial charge in [0.1, 0.15) is 18.2 Å². The molecule has 1 atom stereocenters. The molecule has 2 aromatic rings. The molecule has 0 bridgehead atoms. The van der Waals surface area contributed by atoms with Gasteiger partial charge in [-0.25, -0.2) is 0 Å². The standard InChI is InChI=1S/C17H22N4O3/c1-3-20-12-18-19-17(20)15-10-21(8-9-23-15)16(22)11-24-14-6-4-13(2)5-7-14/h4-7,12,15H,3,8-11H2,1-2H3. The molecule has 0 aliphatic carbocycles. The molecule has 0 N–H and O–H groups in total. The third-order valence-electron chi connectivity index (χ3n) is 4.08. The maximum atomic E-state index is 12.4. The summed E-state index contributed by atoms with van der Waals surface area (Å²) in [4.78, 5) is 14.2. The molecule has 24 heavy (non-hydrogen) atoms. The quantitative estimate of drug-likeness (QED) is 0.832. The maximum absolute atomic E-state index is 12.4. The predicted molar refractivity (Wildman–Crippen MR) is 87.6 cm³/mol. The van der Waals surface area contributed by atoms with Crippen molar-refractivity contribution in [1.29, 1.82) is 0 Å². The number of carbonyl (C=O) groups excluding carboxylic acids is 1. The molecule has 0 spiro atoms. The molecule has 7 heteroatoms. The van der Waals surface area contributed by atoms with E-state index in [2.05, 4.69) is 10.2 Å². The first kappa shape index (κ1) is 16.4. The fourth-order valence-corrected chi connectivity index (χ4v) is 2.66. The number of hydrogen-bond donors (Lipinski definition) is 0. The summed E-state index contributed by atoms with van der Waals surface area (Å²) in [5.74, 6) is 1.41. The van der Waals surface area contributed by atoms with Gasteiger partial charge in [0.25, 0.3) is 5.91 Å². The smallest absolute Gasteiger partial charge is 0.260 e. The minimum atomic E-state index is -0.246. The molecule has 128 valence electrons. The fraction of sp³-hybridized carbons (Fsp3) is 0.471. The van der Waals surface area contributed by atoms with Crippen LogP contribution in [0.4, 0.5) is 0 Å². The molecule has 1 saturated heterocycles. The third kappa shape index (κ3) is 3.73. The average Bonchev–Trinajstić information content (AvgIpc) is 3.10. The second-order valence-electron chi connectivity index (χ2n) is 5.78. The van der Waals surface area contributed by atoms with Crippen LogP contribution in [0.2, 0.25) is 0 Å². The first-order valence-electron chi connectivity index (χ1n) is 8.14. The van der Waals surface area contributed by atoms with E-state index in [0.29, 0.717) is 25.4 Å². The van der Waals surface area contributed by atoms with Gasteiger partial charge in [-0.1, -0.05) is 17.7 Å². The van der Waals surface area contributed by atoms with Crippen molar-refractivity contribution < 1.29 is 14.3 Å². The summed E-state index contributed by atoms with van der Waals surface area (Å²) in [7, 11) is 0. The number of nitrogens with zero attached hydrogens (tertiary/aromatic N) is 4. The number of hydrogen-bond acceptors (Lipinski definition) is 5. The van der Waals surface area contributed by atoms with Crippen LogP contribution in [0.25, 0.3) is 0 Å². The number of amides is 1. The molecular weight excluding hydrogens is 308 g/mol. The number of rotatable bonds is 5. The molecule has 1 unspecified atom stereocenters. The summed E-state index contributed by atoms with van der Waals surface area (Å²) in [6.45, 7) is 6.34. The Morgan fingerprint density at radius 2 is 2.17 bits per heavy atom. The van der Waals surface area contributed by atoms with Crippen molar-refractivity contribution in [3.8, 4) is 5.75 Å². The Morgan fingerprint density at radius 1 is 1.38 bits per heavy atom. The summed E-state index contributed by atoms with van der Waals surface area (Å²) in [5, 5.41) is 8.05. The SMILES string of the molecule is CCn1cnnc1C1CN(C(=O)COc2ccc(C)cc2)CCO1. The molecule has 1 amide bonds. The van der Waals surface area contributed by atoms with Crippen LogP contribution in [0.15, 0.2) is 30.6 Å². The molecule has 0 radical (unpaired) electrons. The third-order valence-corrected chi connectivity index (χ3v) is 4.08. The van der Waals surface area contributed by atoms with Crippen molar-refractivity contribution in [2.45, 2.75) is 26.5 Å². The van der Waals surface area contributed by atoms with Gasteiger partial charge in [-0.15, -0.1) is 10.2 Å². The van der Waals surface area contributed by atoms with E-state index < -0.39 is 0 Å². The zero-order valence-corrected chi connectivity index (χ0v) is 14.0. The van der Waals surface area contributed by atoms with Crippen LogP contribution in [0, 0.1) is 6.92 Å². The van der Waals surface area contributed by atoms with E-state index in [-0.39, 0.29) is 18.6 Å². The predicted octanol–water partition coefficient (Wildman–Crippen LogP) is 1.59. The number of aryl methyl sites for hydroxylation is 2. The van der Waals surface area contributed by atoms with Crippen LogP contribution in [-0.4, -0.2) is 51.9 Å². The van der Waals surface area contributed by atoms with Gasteiger partial charge < -0.3 is 18.9 Å². The summed E-state index contributed by atoms with van der Waals surface area (Å²) < 4.78 is 13.3. The fourth-order valence-electron chi connectivity index (χ4n) is 2.66. The van der Waals surface area contributed by atoms with Crippen molar-refractivity contribution in [2.75, 3.05) is 26.3 Å². The van der Waals surface area contributed by atoms with E-state index in [9.17, 15) is 4.79 Å². The summed E-state index contributed by atoms with van der Waals surface area (Å²) in [6.07, 6.45) is 1.43. The number of aromatic nitrogens is 3. The second-order valence-corrected chi connectivity index (χ2v) is 5.78. The molecule has 1 aliphatic rings. The van der Waals surface area contributed by atoms with Crippen molar-refractivity contribution in [3.63, 3.8) is 0 Å². The van der Waals surface area contributed by atoms with E-state index in [1.807, 2.05) is 42.7 Å². The summed E-state index contributed by atoms with van der Waals surface area (Å²) in [5.41, 5.74) is 1.16. The lowest BCUT2D eigenvalue weighted by atomic mass is 10.2. The van der Waals surface area contributed by atoms with Gasteiger partial charge in [-0.3, -0.25) is 4.79 Å². The van der Waals surface area contributed by atoms with Gasteiger partial charge >= 0.3 is 0 Å². The topological polar surface area (TPSA) is 69.5 Å². The van der Waals surface area contributed by atoms with E-state index in [1.54, 1.807) is 11.2 Å². The van der Waals surface area contributed by atoms with Gasteiger partial charge in [0.2, 0.25) is 0 Å². The minimum absolute atomic E-state index is 0.0241. The Labute approximate surface area is 141 Å². The Kier molecular flexibility index (Phi) is 5.10. The normalized spacial score (nSPS) is 17.8. The lowest BCUT2D eigenvalue weighted by Crippen LogP contribution is -2.44. The van der Waals surface area contributed by atoms with Crippen LogP contribution < -0.4 is 4.74 Å². The van der Waals surface area contributed by atoms with Crippen molar-refractivity contribution in [1.82, 2.24) is 19.7 Å². The molecule has 7 nitrogen and oxygen atoms in total. The highest BCUT2D eigenvalue weighted by Crippen LogP contribution is 2.20. The molecule has 2 heterocycles. The highest BCUT2D eigenvalue weighted by Gasteiger charge is 2.28. The van der Waals surface area contributed by atoms with Crippen molar-refractivity contribution >= 4 is 5.91 Å². The lowest BCUT2D eigenvalue weighted by Gasteiger charge is -2.32. The van der Waals surface area contributed by atoms with Gasteiger partial charge in [0.15, 0.2) is 12.4 Å². The van der Waals surface area contributed by atoms with E-state index in [0.717, 1.165) is 17.9 Å². The Morgan fingerprint density at radius 3 is 2.92 bits per heavy atom. The van der Waals surface area contributed by atoms with Crippen LogP contribution in [0.1, 0.15) is 24.4 Å². The van der Waals surface area contributed by atoms with Crippen LogP contribution >= 0.6 is 0 Å². The van der Waals surface area contributed by atoms with Gasteiger partial charge in [0.05, 0.1) is 13.2 Å². The molecule has 0 saturated carbocycles. The Balaban J connectivity index is 1.58. The zero-order chi connectivity index (χ0) is 16.9. The summed E-state index contributed by atoms with van der Waals surface area (Å²) >= 11 is 0. The minimum Gasteiger partial charge on any atom is -0.484 e. The second kappa shape index (κ2) is 7.44. The van der Waals surface area contributed by atoms with E-state index in [1.165, 1.54) is 0 Å². The maximum Gasteiger partial charge on any atom is 0.260 e. The summed E-state index contributed by atoms with van der Waals surface area (Å²) in [6, 6.07) is 7.66. The first-order chi connectivity index (χ1) is 11.7. The van der Waals surface area contributed by atoms with E-state index in [4.69, 9.17) is 9.47 Å². The highest BCUT2D eigenvalue weighted by atomic mass is 16.5. The molecule has 1 aliphatic heterocycles. The molecule has 1 aromatic carbocycles. The molecule has 1 aromatic heterocycles. The van der Waals surface area contributed by atoms with E-state index >= 15 is 0 Å². The molecule has 1 fully saturated rings. The zero-order valence-electron chi connectivity index (χ0n) is 14.0. The molecule has 3 rings (SSSR count). The van der Waals surface area contributed by atoms with Crippen molar-refractivity contribution in [2.24, 2.45) is 0 Å². The lowest BCUT2D eigenvalue weighted by molar-refractivity contribution is -0.141. The van der Waals surface area contributed by atoms with Crippen molar-refractivity contribution in [3.05, 3.63) is 42.0 Å². The number of morpholine rings is 1. The first-order valence-corrected chi connectivity index (χ1v) is 8.14. The van der Waals surface area contributed by atoms with Gasteiger partial charge in [-0.2, -0.15) is 0 Å². The number of carbonyl (C=O) groups is 1. The van der Waals surface area contributed by atoms with Gasteiger partial charge in [0, 0.05) is 13.1 Å². The average molecular weight is 330 g/mol. The largest absolute Gasteiger partial charge is 0.484 e. The monoisotopic (exact) mass is 330 g/mol. The highest BCUT2D eigenvalue weighted by molar-refractivity contribution is 5.77. The Hall–Kier alpha value is -2.41. The van der Waals surface area contributed by atoms with Crippen LogP contribution in [-0.2, 0) is 16.1 Å². The van der Waals surface area contributed by atoms with Crippen LogP contribution in [0.3, 0.4) is 0 Å². The number of ether oxygens (including phenoxy) is 2.